The largest absolute Gasteiger partial charge is 0.350 e. The van der Waals surface area contributed by atoms with Gasteiger partial charge < -0.3 is 25.0 Å². The maximum absolute atomic E-state index is 12.1. The van der Waals surface area contributed by atoms with Crippen LogP contribution >= 0.6 is 0 Å². The number of nitrogens with zero attached hydrogens (tertiary/aromatic N) is 3. The first-order chi connectivity index (χ1) is 12.3. The summed E-state index contributed by atoms with van der Waals surface area (Å²) in [6.45, 7) is 1.50. The Hall–Kier alpha value is -2.38. The van der Waals surface area contributed by atoms with Gasteiger partial charge in [-0.05, 0) is 39.8 Å². The molecule has 0 aliphatic heterocycles. The van der Waals surface area contributed by atoms with Gasteiger partial charge in [-0.2, -0.15) is 0 Å². The van der Waals surface area contributed by atoms with Gasteiger partial charge >= 0.3 is 11.8 Å². The Labute approximate surface area is 154 Å². The number of likely N-dealkylation sites (N-methyl/N-ethyl adjacent to an activating group) is 2. The third-order valence-corrected chi connectivity index (χ3v) is 4.42. The third-order valence-electron chi connectivity index (χ3n) is 4.42. The summed E-state index contributed by atoms with van der Waals surface area (Å²) in [5.74, 6) is -1.20. The Morgan fingerprint density at radius 2 is 1.73 bits per heavy atom. The second-order valence-electron chi connectivity index (χ2n) is 6.96. The Balaban J connectivity index is 2.04. The number of hydrogen-bond acceptors (Lipinski definition) is 4. The maximum Gasteiger partial charge on any atom is 0.309 e. The zero-order valence-electron chi connectivity index (χ0n) is 16.2. The number of amides is 2. The van der Waals surface area contributed by atoms with Crippen LogP contribution < -0.4 is 10.6 Å². The van der Waals surface area contributed by atoms with E-state index in [1.165, 1.54) is 0 Å². The summed E-state index contributed by atoms with van der Waals surface area (Å²) in [6, 6.07) is 8.14. The van der Waals surface area contributed by atoms with Crippen molar-refractivity contribution in [2.24, 2.45) is 7.05 Å². The minimum absolute atomic E-state index is 0.0281. The Kier molecular flexibility index (Phi) is 6.76. The molecule has 0 bridgehead atoms. The standard InChI is InChI=1S/C19H29N5O2/c1-22(2)11-10-20-18(25)19(26)21-12-17(23(3)4)15-13-24(5)16-9-7-6-8-14(15)16/h6-9,13,17H,10-12H2,1-5H3,(H,20,25)(H,21,26). The quantitative estimate of drug-likeness (QED) is 0.710. The van der Waals surface area contributed by atoms with E-state index in [0.29, 0.717) is 19.6 Å². The van der Waals surface area contributed by atoms with Crippen LogP contribution in [-0.4, -0.2) is 74.0 Å². The van der Waals surface area contributed by atoms with Gasteiger partial charge in [0, 0.05) is 43.8 Å². The smallest absolute Gasteiger partial charge is 0.309 e. The number of aromatic nitrogens is 1. The van der Waals surface area contributed by atoms with Gasteiger partial charge in [-0.15, -0.1) is 0 Å². The monoisotopic (exact) mass is 359 g/mol. The molecular formula is C19H29N5O2. The first-order valence-electron chi connectivity index (χ1n) is 8.72. The van der Waals surface area contributed by atoms with E-state index in [1.807, 2.05) is 57.2 Å². The normalized spacial score (nSPS) is 12.6. The molecule has 1 heterocycles. The van der Waals surface area contributed by atoms with Crippen molar-refractivity contribution in [3.8, 4) is 0 Å². The lowest BCUT2D eigenvalue weighted by atomic mass is 10.0. The second kappa shape index (κ2) is 8.82. The highest BCUT2D eigenvalue weighted by atomic mass is 16.2. The predicted octanol–water partition coefficient (Wildman–Crippen LogP) is 0.575. The topological polar surface area (TPSA) is 69.6 Å². The summed E-state index contributed by atoms with van der Waals surface area (Å²) in [7, 11) is 9.77. The van der Waals surface area contributed by atoms with Crippen molar-refractivity contribution < 1.29 is 9.59 Å². The van der Waals surface area contributed by atoms with E-state index in [9.17, 15) is 9.59 Å². The van der Waals surface area contributed by atoms with Crippen molar-refractivity contribution in [2.75, 3.05) is 47.8 Å². The molecule has 0 fully saturated rings. The van der Waals surface area contributed by atoms with E-state index in [-0.39, 0.29) is 6.04 Å². The first kappa shape index (κ1) is 19.9. The van der Waals surface area contributed by atoms with Gasteiger partial charge in [0.1, 0.15) is 0 Å². The number of rotatable bonds is 7. The minimum Gasteiger partial charge on any atom is -0.350 e. The van der Waals surface area contributed by atoms with Crippen molar-refractivity contribution in [1.82, 2.24) is 25.0 Å². The lowest BCUT2D eigenvalue weighted by Gasteiger charge is -2.24. The maximum atomic E-state index is 12.1. The second-order valence-corrected chi connectivity index (χ2v) is 6.96. The summed E-state index contributed by atoms with van der Waals surface area (Å²) in [4.78, 5) is 28.0. The summed E-state index contributed by atoms with van der Waals surface area (Å²) in [5, 5.41) is 6.54. The zero-order valence-corrected chi connectivity index (χ0v) is 16.2. The van der Waals surface area contributed by atoms with E-state index < -0.39 is 11.8 Å². The van der Waals surface area contributed by atoms with E-state index in [1.54, 1.807) is 0 Å². The predicted molar refractivity (Wildman–Crippen MR) is 104 cm³/mol. The Morgan fingerprint density at radius 3 is 2.38 bits per heavy atom. The van der Waals surface area contributed by atoms with Crippen LogP contribution in [0.3, 0.4) is 0 Å². The zero-order chi connectivity index (χ0) is 19.3. The van der Waals surface area contributed by atoms with Gasteiger partial charge in [-0.1, -0.05) is 18.2 Å². The third kappa shape index (κ3) is 4.83. The molecular weight excluding hydrogens is 330 g/mol. The summed E-state index contributed by atoms with van der Waals surface area (Å²) >= 11 is 0. The van der Waals surface area contributed by atoms with Gasteiger partial charge in [-0.25, -0.2) is 0 Å². The molecule has 0 aliphatic carbocycles. The number of benzene rings is 1. The van der Waals surface area contributed by atoms with Crippen molar-refractivity contribution in [3.05, 3.63) is 36.0 Å². The van der Waals surface area contributed by atoms with Crippen molar-refractivity contribution >= 4 is 22.7 Å². The van der Waals surface area contributed by atoms with Crippen LogP contribution in [0.5, 0.6) is 0 Å². The molecule has 1 aromatic carbocycles. The first-order valence-corrected chi connectivity index (χ1v) is 8.72. The molecule has 7 heteroatoms. The molecule has 2 amide bonds. The number of fused-ring (bicyclic) bond motifs is 1. The lowest BCUT2D eigenvalue weighted by molar-refractivity contribution is -0.139. The van der Waals surface area contributed by atoms with Crippen molar-refractivity contribution in [3.63, 3.8) is 0 Å². The van der Waals surface area contributed by atoms with Crippen LogP contribution in [-0.2, 0) is 16.6 Å². The lowest BCUT2D eigenvalue weighted by Crippen LogP contribution is -2.44. The molecule has 0 saturated carbocycles. The van der Waals surface area contributed by atoms with E-state index in [2.05, 4.69) is 33.5 Å². The fraction of sp³-hybridized carbons (Fsp3) is 0.474. The molecule has 0 saturated heterocycles. The highest BCUT2D eigenvalue weighted by Crippen LogP contribution is 2.28. The molecule has 1 atom stereocenters. The summed E-state index contributed by atoms with van der Waals surface area (Å²) in [6.07, 6.45) is 2.08. The van der Waals surface area contributed by atoms with Crippen LogP contribution in [0.4, 0.5) is 0 Å². The molecule has 2 rings (SSSR count). The average molecular weight is 359 g/mol. The summed E-state index contributed by atoms with van der Waals surface area (Å²) in [5.41, 5.74) is 2.27. The SMILES string of the molecule is CN(C)CCNC(=O)C(=O)NCC(c1cn(C)c2ccccc12)N(C)C. The fourth-order valence-electron chi connectivity index (χ4n) is 2.95. The van der Waals surface area contributed by atoms with Gasteiger partial charge in [0.2, 0.25) is 0 Å². The van der Waals surface area contributed by atoms with Crippen molar-refractivity contribution in [1.29, 1.82) is 0 Å². The molecule has 1 unspecified atom stereocenters. The highest BCUT2D eigenvalue weighted by Gasteiger charge is 2.21. The van der Waals surface area contributed by atoms with Crippen molar-refractivity contribution in [2.45, 2.75) is 6.04 Å². The van der Waals surface area contributed by atoms with E-state index in [4.69, 9.17) is 0 Å². The number of carbonyl (C=O) groups is 2. The van der Waals surface area contributed by atoms with Crippen LogP contribution in [0.15, 0.2) is 30.5 Å². The molecule has 142 valence electrons. The average Bonchev–Trinajstić information content (AvgIpc) is 2.91. The summed E-state index contributed by atoms with van der Waals surface area (Å²) < 4.78 is 2.08. The van der Waals surface area contributed by atoms with Gasteiger partial charge in [0.25, 0.3) is 0 Å². The number of para-hydroxylation sites is 1. The highest BCUT2D eigenvalue weighted by molar-refractivity contribution is 6.35. The molecule has 1 aromatic heterocycles. The Bertz CT molecular complexity index is 766. The van der Waals surface area contributed by atoms with Gasteiger partial charge in [-0.3, -0.25) is 9.59 Å². The number of carbonyl (C=O) groups excluding carboxylic acids is 2. The van der Waals surface area contributed by atoms with Crippen LogP contribution in [0.1, 0.15) is 11.6 Å². The minimum atomic E-state index is -0.601. The fourth-order valence-corrected chi connectivity index (χ4v) is 2.95. The molecule has 2 aromatic rings. The van der Waals surface area contributed by atoms with Crippen LogP contribution in [0.2, 0.25) is 0 Å². The van der Waals surface area contributed by atoms with Crippen LogP contribution in [0, 0.1) is 0 Å². The molecule has 0 radical (unpaired) electrons. The molecule has 26 heavy (non-hydrogen) atoms. The van der Waals surface area contributed by atoms with Gasteiger partial charge in [0.15, 0.2) is 0 Å². The molecule has 2 N–H and O–H groups in total. The molecule has 7 nitrogen and oxygen atoms in total. The number of nitrogens with one attached hydrogen (secondary N) is 2. The van der Waals surface area contributed by atoms with E-state index in [0.717, 1.165) is 16.5 Å². The van der Waals surface area contributed by atoms with E-state index >= 15 is 0 Å². The Morgan fingerprint density at radius 1 is 1.08 bits per heavy atom. The number of hydrogen-bond donors (Lipinski definition) is 2. The molecule has 0 aliphatic rings. The number of aryl methyl sites for hydroxylation is 1. The molecule has 0 spiro atoms. The van der Waals surface area contributed by atoms with Gasteiger partial charge in [0.05, 0.1) is 6.04 Å². The van der Waals surface area contributed by atoms with Crippen LogP contribution in [0.25, 0.3) is 10.9 Å².